The van der Waals surface area contributed by atoms with Crippen LogP contribution in [-0.2, 0) is 0 Å². The molecule has 1 heterocycles. The second-order valence-electron chi connectivity index (χ2n) is 7.01. The van der Waals surface area contributed by atoms with Crippen molar-refractivity contribution in [2.24, 2.45) is 4.99 Å². The Balaban J connectivity index is 1.87. The molecule has 1 aliphatic rings. The zero-order valence-electron chi connectivity index (χ0n) is 15.8. The van der Waals surface area contributed by atoms with Crippen LogP contribution in [0, 0.1) is 5.82 Å². The van der Waals surface area contributed by atoms with Crippen molar-refractivity contribution >= 4 is 12.6 Å². The minimum atomic E-state index is -0.305. The lowest BCUT2D eigenvalue weighted by Gasteiger charge is -2.17. The van der Waals surface area contributed by atoms with E-state index in [9.17, 15) is 9.18 Å². The van der Waals surface area contributed by atoms with E-state index in [0.29, 0.717) is 11.4 Å². The first-order valence-corrected chi connectivity index (χ1v) is 8.84. The molecule has 27 heavy (non-hydrogen) atoms. The summed E-state index contributed by atoms with van der Waals surface area (Å²) in [5, 5.41) is 7.55. The molecule has 140 valence electrons. The van der Waals surface area contributed by atoms with Gasteiger partial charge in [-0.15, -0.1) is 0 Å². The molecular weight excluding hydrogens is 343 g/mol. The number of aromatic nitrogens is 2. The van der Waals surface area contributed by atoms with Crippen LogP contribution in [0.1, 0.15) is 38.4 Å². The fraction of sp³-hybridized carbons (Fsp3) is 0.286. The molecule has 0 amide bonds. The largest absolute Gasteiger partial charge is 0.365 e. The SMILES string of the molecule is C=N/C(NC1(C)CC1)=C(C)/C(=C/C)C(=O)n1cc(-c2ccc(F)cc2)cn1. The quantitative estimate of drug-likeness (QED) is 0.470. The van der Waals surface area contributed by atoms with Crippen molar-refractivity contribution in [2.45, 2.75) is 39.2 Å². The molecule has 0 atom stereocenters. The summed E-state index contributed by atoms with van der Waals surface area (Å²) in [6.07, 6.45) is 7.12. The second-order valence-corrected chi connectivity index (χ2v) is 7.01. The van der Waals surface area contributed by atoms with Crippen LogP contribution in [0.3, 0.4) is 0 Å². The van der Waals surface area contributed by atoms with Gasteiger partial charge in [0.05, 0.1) is 6.20 Å². The standard InChI is InChI=1S/C21H23FN4O/c1-5-18(14(2)19(23-4)25-21(3)10-11-21)20(27)26-13-16(12-24-26)15-6-8-17(22)9-7-15/h5-9,12-13,25H,4,10-11H2,1-3H3/b18-5-,19-14-. The van der Waals surface area contributed by atoms with Gasteiger partial charge in [0.2, 0.25) is 0 Å². The molecule has 1 saturated carbocycles. The van der Waals surface area contributed by atoms with E-state index >= 15 is 0 Å². The van der Waals surface area contributed by atoms with E-state index in [0.717, 1.165) is 29.5 Å². The number of hydrogen-bond donors (Lipinski definition) is 1. The molecule has 0 spiro atoms. The van der Waals surface area contributed by atoms with Gasteiger partial charge >= 0.3 is 0 Å². The van der Waals surface area contributed by atoms with Gasteiger partial charge in [0, 0.05) is 28.4 Å². The third-order valence-electron chi connectivity index (χ3n) is 4.82. The Labute approximate surface area is 158 Å². The molecule has 0 unspecified atom stereocenters. The van der Waals surface area contributed by atoms with Crippen molar-refractivity contribution in [3.63, 3.8) is 0 Å². The molecule has 0 bridgehead atoms. The van der Waals surface area contributed by atoms with Gasteiger partial charge in [0.25, 0.3) is 5.91 Å². The highest BCUT2D eigenvalue weighted by atomic mass is 19.1. The van der Waals surface area contributed by atoms with E-state index in [1.165, 1.54) is 16.8 Å². The Kier molecular flexibility index (Phi) is 5.08. The van der Waals surface area contributed by atoms with Crippen LogP contribution in [-0.4, -0.2) is 27.9 Å². The summed E-state index contributed by atoms with van der Waals surface area (Å²) < 4.78 is 14.4. The number of halogens is 1. The fourth-order valence-electron chi connectivity index (χ4n) is 2.83. The van der Waals surface area contributed by atoms with E-state index in [2.05, 4.69) is 29.0 Å². The third kappa shape index (κ3) is 4.05. The number of carbonyl (C=O) groups excluding carboxylic acids is 1. The number of hydrogen-bond acceptors (Lipinski definition) is 4. The smallest absolute Gasteiger partial charge is 0.278 e. The maximum Gasteiger partial charge on any atom is 0.278 e. The van der Waals surface area contributed by atoms with E-state index in [1.54, 1.807) is 37.5 Å². The van der Waals surface area contributed by atoms with Crippen LogP contribution in [0.25, 0.3) is 11.1 Å². The first kappa shape index (κ1) is 18.8. The molecule has 3 rings (SSSR count). The topological polar surface area (TPSA) is 59.3 Å². The van der Waals surface area contributed by atoms with E-state index < -0.39 is 0 Å². The predicted molar refractivity (Wildman–Crippen MR) is 105 cm³/mol. The van der Waals surface area contributed by atoms with Crippen molar-refractivity contribution in [3.8, 4) is 11.1 Å². The summed E-state index contributed by atoms with van der Waals surface area (Å²) in [6.45, 7) is 9.40. The van der Waals surface area contributed by atoms with Gasteiger partial charge in [0.1, 0.15) is 11.6 Å². The molecule has 0 saturated heterocycles. The normalized spacial score (nSPS) is 16.5. The number of nitrogens with zero attached hydrogens (tertiary/aromatic N) is 3. The zero-order chi connectivity index (χ0) is 19.6. The summed E-state index contributed by atoms with van der Waals surface area (Å²) in [4.78, 5) is 17.0. The molecule has 0 aliphatic heterocycles. The van der Waals surface area contributed by atoms with Gasteiger partial charge in [-0.3, -0.25) is 4.79 Å². The third-order valence-corrected chi connectivity index (χ3v) is 4.82. The minimum Gasteiger partial charge on any atom is -0.365 e. The number of aliphatic imine (C=N–C) groups is 1. The lowest BCUT2D eigenvalue weighted by atomic mass is 10.1. The number of allylic oxidation sites excluding steroid dienone is 3. The molecule has 1 N–H and O–H groups in total. The van der Waals surface area contributed by atoms with E-state index in [4.69, 9.17) is 0 Å². The molecule has 1 fully saturated rings. The zero-order valence-corrected chi connectivity index (χ0v) is 15.8. The van der Waals surface area contributed by atoms with Crippen molar-refractivity contribution < 1.29 is 9.18 Å². The average molecular weight is 366 g/mol. The Morgan fingerprint density at radius 1 is 1.33 bits per heavy atom. The first-order valence-electron chi connectivity index (χ1n) is 8.84. The maximum absolute atomic E-state index is 13.1. The highest BCUT2D eigenvalue weighted by molar-refractivity contribution is 5.99. The van der Waals surface area contributed by atoms with Gasteiger partial charge in [0.15, 0.2) is 0 Å². The molecule has 1 aromatic carbocycles. The average Bonchev–Trinajstić information content (AvgIpc) is 3.19. The van der Waals surface area contributed by atoms with Crippen LogP contribution >= 0.6 is 0 Å². The maximum atomic E-state index is 13.1. The lowest BCUT2D eigenvalue weighted by Crippen LogP contribution is -2.28. The molecule has 1 aliphatic carbocycles. The predicted octanol–water partition coefficient (Wildman–Crippen LogP) is 4.35. The first-order chi connectivity index (χ1) is 12.9. The summed E-state index contributed by atoms with van der Waals surface area (Å²) in [5.74, 6) is 0.0510. The van der Waals surface area contributed by atoms with Crippen LogP contribution in [0.4, 0.5) is 4.39 Å². The second kappa shape index (κ2) is 7.31. The summed E-state index contributed by atoms with van der Waals surface area (Å²) >= 11 is 0. The number of carbonyl (C=O) groups is 1. The Bertz CT molecular complexity index is 933. The van der Waals surface area contributed by atoms with Crippen molar-refractivity contribution in [2.75, 3.05) is 0 Å². The van der Waals surface area contributed by atoms with Gasteiger partial charge in [-0.1, -0.05) is 18.2 Å². The Hall–Kier alpha value is -3.02. The molecule has 1 aromatic heterocycles. The highest BCUT2D eigenvalue weighted by Crippen LogP contribution is 2.36. The van der Waals surface area contributed by atoms with Crippen molar-refractivity contribution in [1.82, 2.24) is 15.1 Å². The molecule has 5 nitrogen and oxygen atoms in total. The van der Waals surface area contributed by atoms with Crippen molar-refractivity contribution in [1.29, 1.82) is 0 Å². The van der Waals surface area contributed by atoms with Gasteiger partial charge < -0.3 is 5.32 Å². The highest BCUT2D eigenvalue weighted by Gasteiger charge is 2.38. The van der Waals surface area contributed by atoms with Gasteiger partial charge in [-0.05, 0) is 58.0 Å². The Morgan fingerprint density at radius 3 is 2.56 bits per heavy atom. The van der Waals surface area contributed by atoms with Crippen LogP contribution in [0.5, 0.6) is 0 Å². The molecule has 0 radical (unpaired) electrons. The van der Waals surface area contributed by atoms with E-state index in [1.807, 2.05) is 6.92 Å². The van der Waals surface area contributed by atoms with Crippen LogP contribution in [0.2, 0.25) is 0 Å². The number of nitrogens with one attached hydrogen (secondary N) is 1. The van der Waals surface area contributed by atoms with Crippen LogP contribution in [0.15, 0.2) is 64.7 Å². The molecule has 2 aromatic rings. The van der Waals surface area contributed by atoms with Crippen molar-refractivity contribution in [3.05, 3.63) is 65.5 Å². The van der Waals surface area contributed by atoms with Crippen LogP contribution < -0.4 is 5.32 Å². The number of rotatable bonds is 6. The molecule has 6 heteroatoms. The molecular formula is C21H23FN4O. The summed E-state index contributed by atoms with van der Waals surface area (Å²) in [6, 6.07) is 6.07. The number of benzene rings is 1. The fourth-order valence-corrected chi connectivity index (χ4v) is 2.83. The van der Waals surface area contributed by atoms with Gasteiger partial charge in [-0.25, -0.2) is 14.1 Å². The lowest BCUT2D eigenvalue weighted by molar-refractivity contribution is 0.0942. The van der Waals surface area contributed by atoms with E-state index in [-0.39, 0.29) is 17.3 Å². The monoisotopic (exact) mass is 366 g/mol. The minimum absolute atomic E-state index is 0.0289. The Morgan fingerprint density at radius 2 is 2.00 bits per heavy atom. The van der Waals surface area contributed by atoms with Gasteiger partial charge in [-0.2, -0.15) is 5.10 Å². The summed E-state index contributed by atoms with van der Waals surface area (Å²) in [7, 11) is 0. The summed E-state index contributed by atoms with van der Waals surface area (Å²) in [5.41, 5.74) is 2.79.